The van der Waals surface area contributed by atoms with E-state index in [9.17, 15) is 9.59 Å². The van der Waals surface area contributed by atoms with Gasteiger partial charge in [0, 0.05) is 6.42 Å². The fourth-order valence-electron chi connectivity index (χ4n) is 5.66. The molecule has 0 saturated heterocycles. The molecular weight excluding hydrogens is 532 g/mol. The molecule has 0 saturated carbocycles. The van der Waals surface area contributed by atoms with Crippen molar-refractivity contribution in [1.82, 2.24) is 0 Å². The average Bonchev–Trinajstić information content (AvgIpc) is 3.18. The highest BCUT2D eigenvalue weighted by molar-refractivity contribution is 5.72. The van der Waals surface area contributed by atoms with Gasteiger partial charge in [-0.15, -0.1) is 0 Å². The van der Waals surface area contributed by atoms with Crippen LogP contribution in [0.3, 0.4) is 0 Å². The molecule has 0 atom stereocenters. The SMILES string of the molecule is CCCCCCCCCCCCCCCCCCOc1ccc(OC(=O)CCCCCCCCCCCCC)c(=O)cc1. The molecule has 0 aliphatic heterocycles. The quantitative estimate of drug-likeness (QED) is 0.0628. The van der Waals surface area contributed by atoms with E-state index in [2.05, 4.69) is 13.8 Å². The molecule has 0 amide bonds. The molecule has 0 aliphatic carbocycles. The molecule has 1 aromatic carbocycles. The number of rotatable bonds is 31. The van der Waals surface area contributed by atoms with E-state index in [-0.39, 0.29) is 17.1 Å². The molecule has 43 heavy (non-hydrogen) atoms. The average molecular weight is 601 g/mol. The summed E-state index contributed by atoms with van der Waals surface area (Å²) in [6, 6.07) is 6.42. The molecular formula is C39H68O4. The van der Waals surface area contributed by atoms with Crippen LogP contribution in [0.4, 0.5) is 0 Å². The predicted molar refractivity (Wildman–Crippen MR) is 184 cm³/mol. The Balaban J connectivity index is 2.02. The minimum absolute atomic E-state index is 0.0883. The van der Waals surface area contributed by atoms with Gasteiger partial charge >= 0.3 is 5.97 Å². The van der Waals surface area contributed by atoms with Gasteiger partial charge in [0.15, 0.2) is 5.75 Å². The smallest absolute Gasteiger partial charge is 0.311 e. The zero-order valence-electron chi connectivity index (χ0n) is 28.4. The molecule has 248 valence electrons. The molecule has 1 rings (SSSR count). The van der Waals surface area contributed by atoms with Crippen LogP contribution in [0.2, 0.25) is 0 Å². The Labute approximate surface area is 266 Å². The molecule has 0 unspecified atom stereocenters. The van der Waals surface area contributed by atoms with Crippen LogP contribution in [0, 0.1) is 0 Å². The third-order valence-electron chi connectivity index (χ3n) is 8.52. The third kappa shape index (κ3) is 25.2. The number of unbranched alkanes of at least 4 members (excludes halogenated alkanes) is 25. The van der Waals surface area contributed by atoms with Crippen LogP contribution < -0.4 is 14.9 Å². The minimum Gasteiger partial charge on any atom is -0.494 e. The summed E-state index contributed by atoms with van der Waals surface area (Å²) in [6.45, 7) is 5.18. The van der Waals surface area contributed by atoms with Gasteiger partial charge in [0.1, 0.15) is 5.75 Å². The minimum atomic E-state index is -0.324. The molecule has 0 aliphatic rings. The lowest BCUT2D eigenvalue weighted by Gasteiger charge is -2.05. The maximum absolute atomic E-state index is 12.4. The summed E-state index contributed by atoms with van der Waals surface area (Å²) in [5, 5.41) is 0. The number of carbonyl (C=O) groups is 1. The second kappa shape index (κ2) is 30.2. The highest BCUT2D eigenvalue weighted by Crippen LogP contribution is 2.16. The van der Waals surface area contributed by atoms with E-state index in [0.717, 1.165) is 25.7 Å². The first kappa shape index (κ1) is 39.2. The van der Waals surface area contributed by atoms with Crippen molar-refractivity contribution in [3.8, 4) is 11.5 Å². The van der Waals surface area contributed by atoms with Crippen LogP contribution in [0.1, 0.15) is 194 Å². The van der Waals surface area contributed by atoms with E-state index in [1.807, 2.05) is 0 Å². The van der Waals surface area contributed by atoms with E-state index in [1.54, 1.807) is 18.2 Å². The van der Waals surface area contributed by atoms with Crippen LogP contribution in [-0.4, -0.2) is 12.6 Å². The van der Waals surface area contributed by atoms with Crippen LogP contribution in [-0.2, 0) is 4.79 Å². The van der Waals surface area contributed by atoms with Gasteiger partial charge in [-0.25, -0.2) is 0 Å². The van der Waals surface area contributed by atoms with Crippen molar-refractivity contribution in [2.75, 3.05) is 6.61 Å². The summed E-state index contributed by atoms with van der Waals surface area (Å²) >= 11 is 0. The van der Waals surface area contributed by atoms with Gasteiger partial charge < -0.3 is 9.47 Å². The summed E-state index contributed by atoms with van der Waals surface area (Å²) < 4.78 is 11.2. The first-order valence-corrected chi connectivity index (χ1v) is 18.6. The topological polar surface area (TPSA) is 52.6 Å². The van der Waals surface area contributed by atoms with Crippen LogP contribution in [0.15, 0.2) is 29.1 Å². The molecule has 0 radical (unpaired) electrons. The Kier molecular flexibility index (Phi) is 27.5. The van der Waals surface area contributed by atoms with E-state index in [0.29, 0.717) is 18.8 Å². The number of hydrogen-bond acceptors (Lipinski definition) is 4. The molecule has 0 bridgehead atoms. The number of esters is 1. The van der Waals surface area contributed by atoms with Gasteiger partial charge in [0.2, 0.25) is 5.43 Å². The van der Waals surface area contributed by atoms with Gasteiger partial charge in [-0.05, 0) is 37.1 Å². The van der Waals surface area contributed by atoms with Crippen molar-refractivity contribution in [3.63, 3.8) is 0 Å². The van der Waals surface area contributed by atoms with Crippen molar-refractivity contribution in [2.24, 2.45) is 0 Å². The first-order valence-electron chi connectivity index (χ1n) is 18.6. The van der Waals surface area contributed by atoms with E-state index in [4.69, 9.17) is 9.47 Å². The van der Waals surface area contributed by atoms with Gasteiger partial charge in [-0.1, -0.05) is 174 Å². The molecule has 1 aromatic rings. The van der Waals surface area contributed by atoms with E-state index < -0.39 is 0 Å². The summed E-state index contributed by atoms with van der Waals surface area (Å²) in [4.78, 5) is 24.6. The van der Waals surface area contributed by atoms with Crippen molar-refractivity contribution >= 4 is 5.97 Å². The van der Waals surface area contributed by atoms with Gasteiger partial charge in [0.05, 0.1) is 6.61 Å². The fourth-order valence-corrected chi connectivity index (χ4v) is 5.66. The van der Waals surface area contributed by atoms with Crippen LogP contribution in [0.5, 0.6) is 11.5 Å². The zero-order valence-corrected chi connectivity index (χ0v) is 28.4. The summed E-state index contributed by atoms with van der Waals surface area (Å²) in [5.74, 6) is 0.408. The Morgan fingerprint density at radius 3 is 1.30 bits per heavy atom. The van der Waals surface area contributed by atoms with Crippen molar-refractivity contribution in [2.45, 2.75) is 194 Å². The molecule has 0 N–H and O–H groups in total. The maximum Gasteiger partial charge on any atom is 0.311 e. The maximum atomic E-state index is 12.4. The van der Waals surface area contributed by atoms with Gasteiger partial charge in [-0.2, -0.15) is 0 Å². The Hall–Kier alpha value is -1.84. The Morgan fingerprint density at radius 1 is 0.488 bits per heavy atom. The Bertz CT molecular complexity index is 821. The molecule has 0 fully saturated rings. The molecule has 0 heterocycles. The van der Waals surface area contributed by atoms with E-state index in [1.165, 1.54) is 154 Å². The number of ether oxygens (including phenoxy) is 2. The second-order valence-electron chi connectivity index (χ2n) is 12.7. The third-order valence-corrected chi connectivity index (χ3v) is 8.52. The van der Waals surface area contributed by atoms with E-state index >= 15 is 0 Å². The highest BCUT2D eigenvalue weighted by Gasteiger charge is 2.08. The van der Waals surface area contributed by atoms with Gasteiger partial charge in [0.25, 0.3) is 0 Å². The van der Waals surface area contributed by atoms with Crippen molar-refractivity contribution in [1.29, 1.82) is 0 Å². The summed E-state index contributed by atoms with van der Waals surface area (Å²) in [5.41, 5.74) is -0.287. The largest absolute Gasteiger partial charge is 0.494 e. The summed E-state index contributed by atoms with van der Waals surface area (Å²) in [6.07, 6.45) is 35.6. The Morgan fingerprint density at radius 2 is 0.860 bits per heavy atom. The van der Waals surface area contributed by atoms with Gasteiger partial charge in [-0.3, -0.25) is 9.59 Å². The summed E-state index contributed by atoms with van der Waals surface area (Å²) in [7, 11) is 0. The van der Waals surface area contributed by atoms with Crippen molar-refractivity contribution in [3.05, 3.63) is 34.5 Å². The van der Waals surface area contributed by atoms with Crippen molar-refractivity contribution < 1.29 is 14.3 Å². The van der Waals surface area contributed by atoms with Crippen LogP contribution >= 0.6 is 0 Å². The molecule has 4 heteroatoms. The molecule has 0 spiro atoms. The number of carbonyl (C=O) groups excluding carboxylic acids is 1. The first-order chi connectivity index (χ1) is 21.2. The predicted octanol–water partition coefficient (Wildman–Crippen LogP) is 12.3. The molecule has 4 nitrogen and oxygen atoms in total. The highest BCUT2D eigenvalue weighted by atomic mass is 16.5. The standard InChI is InChI=1S/C39H68O4/c1-3-5-7-9-11-13-15-16-17-18-19-21-23-25-27-29-35-42-36-31-33-37(40)38(34-32-36)43-39(41)30-28-26-24-22-20-14-12-10-8-6-4-2/h31-34H,3-30,35H2,1-2H3. The lowest BCUT2D eigenvalue weighted by atomic mass is 10.0. The zero-order chi connectivity index (χ0) is 31.1. The molecule has 0 aromatic heterocycles. The fraction of sp³-hybridized carbons (Fsp3) is 0.795. The normalized spacial score (nSPS) is 11.1. The monoisotopic (exact) mass is 601 g/mol. The second-order valence-corrected chi connectivity index (χ2v) is 12.7. The lowest BCUT2D eigenvalue weighted by Crippen LogP contribution is -2.12. The van der Waals surface area contributed by atoms with Crippen LogP contribution in [0.25, 0.3) is 0 Å². The number of hydrogen-bond donors (Lipinski definition) is 0. The lowest BCUT2D eigenvalue weighted by molar-refractivity contribution is -0.134.